The molecule has 12 heteroatoms. The van der Waals surface area contributed by atoms with E-state index in [0.717, 1.165) is 55.2 Å². The Morgan fingerprint density at radius 1 is 0.434 bits per heavy atom. The molecule has 0 amide bonds. The molecular formula is C41H31IN9OZn+3. The molecule has 3 aromatic heterocycles. The molecule has 252 valence electrons. The zero-order valence-electron chi connectivity index (χ0n) is 29.1. The number of nitrogens with one attached hydrogen (secondary N) is 2. The van der Waals surface area contributed by atoms with Gasteiger partial charge >= 0.3 is 19.5 Å². The zero-order valence-corrected chi connectivity index (χ0v) is 34.4. The summed E-state index contributed by atoms with van der Waals surface area (Å²) in [5.41, 5.74) is 7.22. The number of benzene rings is 5. The molecule has 0 spiro atoms. The minimum absolute atomic E-state index is 0. The van der Waals surface area contributed by atoms with Crippen molar-refractivity contribution in [1.82, 2.24) is 44.4 Å². The maximum atomic E-state index is 6.43. The number of hydrogen-bond donors (Lipinski definition) is 2. The quantitative estimate of drug-likeness (QED) is 0.103. The molecule has 5 aromatic carbocycles. The molecule has 8 aromatic rings. The van der Waals surface area contributed by atoms with Crippen molar-refractivity contribution >= 4 is 73.8 Å². The largest absolute Gasteiger partial charge is 2.00 e. The van der Waals surface area contributed by atoms with Gasteiger partial charge in [0.05, 0.1) is 21.1 Å². The Labute approximate surface area is 333 Å². The fourth-order valence-electron chi connectivity index (χ4n) is 6.79. The van der Waals surface area contributed by atoms with Gasteiger partial charge in [0.15, 0.2) is 23.3 Å². The molecule has 0 saturated heterocycles. The Morgan fingerprint density at radius 3 is 1.40 bits per heavy atom. The van der Waals surface area contributed by atoms with Gasteiger partial charge < -0.3 is 14.7 Å². The van der Waals surface area contributed by atoms with Crippen molar-refractivity contribution in [3.63, 3.8) is 0 Å². The molecule has 53 heavy (non-hydrogen) atoms. The maximum Gasteiger partial charge on any atom is 2.00 e. The number of aromatic amines is 2. The van der Waals surface area contributed by atoms with Crippen LogP contribution in [0, 0.1) is 0 Å². The average molecular weight is 858 g/mol. The number of halogens is 1. The third-order valence-corrected chi connectivity index (χ3v) is 9.35. The van der Waals surface area contributed by atoms with Crippen LogP contribution in [0.4, 0.5) is 5.69 Å². The Kier molecular flexibility index (Phi) is 8.64. The zero-order chi connectivity index (χ0) is 34.3. The molecule has 2 N–H and O–H groups in total. The van der Waals surface area contributed by atoms with Gasteiger partial charge in [-0.1, -0.05) is 78.9 Å². The number of quaternary nitrogens is 1. The minimum Gasteiger partial charge on any atom is -0.457 e. The number of ether oxygens (including phenoxy) is 1. The van der Waals surface area contributed by atoms with Gasteiger partial charge in [-0.25, -0.2) is 29.9 Å². The van der Waals surface area contributed by atoms with Gasteiger partial charge in [0, 0.05) is 49.9 Å². The van der Waals surface area contributed by atoms with Crippen molar-refractivity contribution in [2.75, 3.05) is 21.1 Å². The topological polar surface area (TPSA) is 118 Å². The molecule has 0 atom stereocenters. The number of hydrogen-bond acceptors (Lipinski definition) is 7. The van der Waals surface area contributed by atoms with Crippen molar-refractivity contribution in [3.05, 3.63) is 115 Å². The van der Waals surface area contributed by atoms with E-state index in [0.29, 0.717) is 56.1 Å². The summed E-state index contributed by atoms with van der Waals surface area (Å²) in [6, 6.07) is 38.2. The standard InChI is InChI=1S/C41H30N9O.HI.Zn/c1-50(2,3)23-11-10-12-24(21-23)51-25-19-20-32-33(22-25)41-48-39-31-18-9-8-17-30(31)37(46-39)44-35-27-14-5-4-13-26(27)34(42-35)43-36-28-15-6-7-16-29(28)38(45-36)47-40(32)49-41;;/h4-22H,1-3H3,(H2,42,43,44,45,46,47,48,49);1H;/q+1;;+2. The van der Waals surface area contributed by atoms with E-state index < -0.39 is 0 Å². The summed E-state index contributed by atoms with van der Waals surface area (Å²) < 4.78 is 7.11. The van der Waals surface area contributed by atoms with Crippen LogP contribution in [0.3, 0.4) is 0 Å². The molecule has 0 fully saturated rings. The second-order valence-electron chi connectivity index (χ2n) is 13.6. The first-order valence-corrected chi connectivity index (χ1v) is 16.7. The van der Waals surface area contributed by atoms with E-state index in [1.807, 2.05) is 103 Å². The smallest absolute Gasteiger partial charge is 0.457 e. The summed E-state index contributed by atoms with van der Waals surface area (Å²) in [7, 11) is 6.39. The number of fused-ring (bicyclic) bond motifs is 20. The van der Waals surface area contributed by atoms with Crippen molar-refractivity contribution < 1.29 is 24.2 Å². The van der Waals surface area contributed by atoms with Crippen LogP contribution in [-0.4, -0.2) is 61.0 Å². The van der Waals surface area contributed by atoms with Gasteiger partial charge in [0.1, 0.15) is 39.8 Å². The van der Waals surface area contributed by atoms with E-state index in [9.17, 15) is 0 Å². The van der Waals surface area contributed by atoms with Crippen LogP contribution in [0.5, 0.6) is 11.5 Å². The van der Waals surface area contributed by atoms with Crippen LogP contribution in [-0.2, 0) is 19.5 Å². The van der Waals surface area contributed by atoms with E-state index in [1.54, 1.807) is 0 Å². The molecule has 2 aliphatic heterocycles. The van der Waals surface area contributed by atoms with Gasteiger partial charge in [-0.15, -0.1) is 24.0 Å². The summed E-state index contributed by atoms with van der Waals surface area (Å²) in [5, 5.41) is 3.77. The van der Waals surface area contributed by atoms with Gasteiger partial charge in [0.2, 0.25) is 0 Å². The second-order valence-corrected chi connectivity index (χ2v) is 13.6. The van der Waals surface area contributed by atoms with Gasteiger partial charge in [-0.2, -0.15) is 0 Å². The average Bonchev–Trinajstić information content (AvgIpc) is 3.87. The first kappa shape index (κ1) is 34.6. The van der Waals surface area contributed by atoms with Crippen molar-refractivity contribution in [3.8, 4) is 57.1 Å². The summed E-state index contributed by atoms with van der Waals surface area (Å²) in [6.07, 6.45) is 0. The Hall–Kier alpha value is -5.43. The van der Waals surface area contributed by atoms with Crippen LogP contribution in [0.15, 0.2) is 115 Å². The Morgan fingerprint density at radius 2 is 0.868 bits per heavy atom. The number of aromatic nitrogens is 8. The molecule has 8 bridgehead atoms. The third-order valence-electron chi connectivity index (χ3n) is 9.35. The molecule has 0 saturated carbocycles. The summed E-state index contributed by atoms with van der Waals surface area (Å²) in [4.78, 5) is 37.4. The molecule has 0 radical (unpaired) electrons. The number of H-pyrrole nitrogens is 2. The molecule has 10 nitrogen and oxygen atoms in total. The molecule has 2 aliphatic rings. The van der Waals surface area contributed by atoms with E-state index in [2.05, 4.69) is 43.2 Å². The molecule has 10 rings (SSSR count). The molecule has 0 unspecified atom stereocenters. The first-order chi connectivity index (χ1) is 24.9. The predicted octanol–water partition coefficient (Wildman–Crippen LogP) is 9.47. The van der Waals surface area contributed by atoms with E-state index in [-0.39, 0.29) is 43.5 Å². The monoisotopic (exact) mass is 856 g/mol. The van der Waals surface area contributed by atoms with Crippen LogP contribution in [0.25, 0.3) is 89.7 Å². The van der Waals surface area contributed by atoms with Crippen LogP contribution in [0.1, 0.15) is 0 Å². The summed E-state index contributed by atoms with van der Waals surface area (Å²) in [6.45, 7) is 0. The minimum atomic E-state index is 0. The van der Waals surface area contributed by atoms with E-state index >= 15 is 0 Å². The summed E-state index contributed by atoms with van der Waals surface area (Å²) >= 11 is 0. The third kappa shape index (κ3) is 5.96. The number of nitrogens with zero attached hydrogens (tertiary/aromatic N) is 7. The SMILES string of the molecule is C[N+](C)(C)c1cccc(Oc2ccc3c(c2)-c2nc4nc(nc5[nH]c(nc6[nH]c(nc-3n2)c2ccccc62)c2ccccc52)-c2ccccc2-4)c1.I.[Zn+2]. The van der Waals surface area contributed by atoms with E-state index in [4.69, 9.17) is 34.6 Å². The first-order valence-electron chi connectivity index (χ1n) is 16.7. The Bertz CT molecular complexity index is 2920. The normalized spacial score (nSPS) is 11.8. The Balaban J connectivity index is 0.00000200. The van der Waals surface area contributed by atoms with Crippen molar-refractivity contribution in [2.45, 2.75) is 0 Å². The predicted molar refractivity (Wildman–Crippen MR) is 218 cm³/mol. The van der Waals surface area contributed by atoms with Crippen LogP contribution < -0.4 is 9.22 Å². The maximum absolute atomic E-state index is 6.43. The fraction of sp³-hybridized carbons (Fsp3) is 0.0732. The van der Waals surface area contributed by atoms with Crippen molar-refractivity contribution in [2.24, 2.45) is 0 Å². The van der Waals surface area contributed by atoms with Crippen molar-refractivity contribution in [1.29, 1.82) is 0 Å². The van der Waals surface area contributed by atoms with Gasteiger partial charge in [-0.05, 0) is 30.3 Å². The van der Waals surface area contributed by atoms with Gasteiger partial charge in [-0.3, -0.25) is 4.48 Å². The second kappa shape index (κ2) is 13.2. The van der Waals surface area contributed by atoms with E-state index in [1.165, 1.54) is 0 Å². The van der Waals surface area contributed by atoms with Gasteiger partial charge in [0.25, 0.3) is 0 Å². The molecule has 0 aliphatic carbocycles. The van der Waals surface area contributed by atoms with Crippen LogP contribution in [0.2, 0.25) is 0 Å². The number of rotatable bonds is 3. The molecule has 5 heterocycles. The molecular weight excluding hydrogens is 827 g/mol. The summed E-state index contributed by atoms with van der Waals surface area (Å²) in [5.74, 6) is 3.52. The fourth-order valence-corrected chi connectivity index (χ4v) is 6.79. The van der Waals surface area contributed by atoms with Crippen LogP contribution >= 0.6 is 24.0 Å².